The third kappa shape index (κ3) is 1.96. The summed E-state index contributed by atoms with van der Waals surface area (Å²) in [5.74, 6) is 0.791. The largest absolute Gasteiger partial charge is 0.360 e. The Morgan fingerprint density at radius 2 is 2.00 bits per heavy atom. The van der Waals surface area contributed by atoms with Gasteiger partial charge in [-0.05, 0) is 44.3 Å². The van der Waals surface area contributed by atoms with Gasteiger partial charge in [-0.15, -0.1) is 0 Å². The third-order valence-electron chi connectivity index (χ3n) is 3.31. The second-order valence-electron chi connectivity index (χ2n) is 4.42. The number of thiocarbonyl (C=S) groups is 1. The highest BCUT2D eigenvalue weighted by Crippen LogP contribution is 2.25. The van der Waals surface area contributed by atoms with Crippen molar-refractivity contribution < 1.29 is 0 Å². The Hall–Kier alpha value is -0.310. The fourth-order valence-corrected chi connectivity index (χ4v) is 2.29. The second-order valence-corrected chi connectivity index (χ2v) is 4.81. The molecule has 2 unspecified atom stereocenters. The van der Waals surface area contributed by atoms with Gasteiger partial charge in [0.05, 0.1) is 0 Å². The molecule has 0 aromatic heterocycles. The molecule has 0 amide bonds. The first-order chi connectivity index (χ1) is 6.18. The SMILES string of the molecule is CC1CCN(C(=S)NC2CC2)C1C. The molecule has 1 aliphatic carbocycles. The van der Waals surface area contributed by atoms with Crippen molar-refractivity contribution >= 4 is 17.3 Å². The van der Waals surface area contributed by atoms with Crippen LogP contribution in [-0.2, 0) is 0 Å². The molecule has 74 valence electrons. The number of hydrogen-bond acceptors (Lipinski definition) is 1. The summed E-state index contributed by atoms with van der Waals surface area (Å²) in [7, 11) is 0. The molecule has 2 nitrogen and oxygen atoms in total. The molecule has 1 aliphatic heterocycles. The van der Waals surface area contributed by atoms with Crippen molar-refractivity contribution in [3.63, 3.8) is 0 Å². The molecule has 2 atom stereocenters. The van der Waals surface area contributed by atoms with Gasteiger partial charge in [-0.25, -0.2) is 0 Å². The molecule has 0 aromatic carbocycles. The van der Waals surface area contributed by atoms with E-state index in [2.05, 4.69) is 24.1 Å². The van der Waals surface area contributed by atoms with Gasteiger partial charge in [0.1, 0.15) is 0 Å². The minimum absolute atomic E-state index is 0.624. The molecule has 1 saturated carbocycles. The first kappa shape index (κ1) is 9.25. The van der Waals surface area contributed by atoms with Crippen molar-refractivity contribution in [1.29, 1.82) is 0 Å². The van der Waals surface area contributed by atoms with E-state index in [-0.39, 0.29) is 0 Å². The average molecular weight is 198 g/mol. The third-order valence-corrected chi connectivity index (χ3v) is 3.66. The molecule has 1 saturated heterocycles. The monoisotopic (exact) mass is 198 g/mol. The van der Waals surface area contributed by atoms with Gasteiger partial charge < -0.3 is 10.2 Å². The Labute approximate surface area is 85.7 Å². The van der Waals surface area contributed by atoms with Crippen molar-refractivity contribution in [3.8, 4) is 0 Å². The lowest BCUT2D eigenvalue weighted by molar-refractivity contribution is 0.365. The lowest BCUT2D eigenvalue weighted by Crippen LogP contribution is -2.43. The van der Waals surface area contributed by atoms with Crippen molar-refractivity contribution in [3.05, 3.63) is 0 Å². The predicted octanol–water partition coefficient (Wildman–Crippen LogP) is 1.75. The van der Waals surface area contributed by atoms with Crippen LogP contribution in [0.4, 0.5) is 0 Å². The van der Waals surface area contributed by atoms with Crippen LogP contribution in [0.3, 0.4) is 0 Å². The van der Waals surface area contributed by atoms with Crippen molar-refractivity contribution in [1.82, 2.24) is 10.2 Å². The topological polar surface area (TPSA) is 15.3 Å². The zero-order chi connectivity index (χ0) is 9.42. The maximum Gasteiger partial charge on any atom is 0.169 e. The zero-order valence-electron chi connectivity index (χ0n) is 8.42. The fraction of sp³-hybridized carbons (Fsp3) is 0.900. The van der Waals surface area contributed by atoms with Crippen LogP contribution in [0.5, 0.6) is 0 Å². The molecule has 0 radical (unpaired) electrons. The molecule has 2 aliphatic rings. The van der Waals surface area contributed by atoms with E-state index in [0.717, 1.165) is 17.6 Å². The summed E-state index contributed by atoms with van der Waals surface area (Å²) in [6, 6.07) is 1.31. The summed E-state index contributed by atoms with van der Waals surface area (Å²) >= 11 is 5.37. The van der Waals surface area contributed by atoms with E-state index in [0.29, 0.717) is 12.1 Å². The molecule has 0 bridgehead atoms. The maximum absolute atomic E-state index is 5.37. The van der Waals surface area contributed by atoms with Crippen LogP contribution in [-0.4, -0.2) is 28.6 Å². The quantitative estimate of drug-likeness (QED) is 0.646. The van der Waals surface area contributed by atoms with E-state index in [9.17, 15) is 0 Å². The summed E-state index contributed by atoms with van der Waals surface area (Å²) in [6.07, 6.45) is 3.89. The Balaban J connectivity index is 1.88. The minimum Gasteiger partial charge on any atom is -0.360 e. The van der Waals surface area contributed by atoms with Gasteiger partial charge in [0.2, 0.25) is 0 Å². The summed E-state index contributed by atoms with van der Waals surface area (Å²) < 4.78 is 0. The van der Waals surface area contributed by atoms with Gasteiger partial charge in [-0.3, -0.25) is 0 Å². The summed E-state index contributed by atoms with van der Waals surface area (Å²) in [4.78, 5) is 2.35. The van der Waals surface area contributed by atoms with E-state index in [1.165, 1.54) is 19.3 Å². The Morgan fingerprint density at radius 3 is 2.46 bits per heavy atom. The van der Waals surface area contributed by atoms with E-state index in [4.69, 9.17) is 12.2 Å². The molecule has 3 heteroatoms. The molecule has 1 N–H and O–H groups in total. The van der Waals surface area contributed by atoms with Crippen LogP contribution in [0.1, 0.15) is 33.1 Å². The second kappa shape index (κ2) is 3.45. The Morgan fingerprint density at radius 1 is 1.31 bits per heavy atom. The lowest BCUT2D eigenvalue weighted by atomic mass is 10.1. The molecule has 2 rings (SSSR count). The number of rotatable bonds is 1. The van der Waals surface area contributed by atoms with Gasteiger partial charge in [0.25, 0.3) is 0 Å². The summed E-state index contributed by atoms with van der Waals surface area (Å²) in [6.45, 7) is 5.73. The zero-order valence-corrected chi connectivity index (χ0v) is 9.23. The smallest absolute Gasteiger partial charge is 0.169 e. The van der Waals surface area contributed by atoms with Crippen molar-refractivity contribution in [2.75, 3.05) is 6.54 Å². The predicted molar refractivity (Wildman–Crippen MR) is 58.7 cm³/mol. The van der Waals surface area contributed by atoms with Gasteiger partial charge in [-0.1, -0.05) is 6.92 Å². The van der Waals surface area contributed by atoms with E-state index in [1.807, 2.05) is 0 Å². The van der Waals surface area contributed by atoms with E-state index < -0.39 is 0 Å². The summed E-state index contributed by atoms with van der Waals surface area (Å²) in [5.41, 5.74) is 0. The first-order valence-electron chi connectivity index (χ1n) is 5.25. The van der Waals surface area contributed by atoms with Gasteiger partial charge in [0, 0.05) is 18.6 Å². The highest BCUT2D eigenvalue weighted by Gasteiger charge is 2.31. The lowest BCUT2D eigenvalue weighted by Gasteiger charge is -2.26. The van der Waals surface area contributed by atoms with Crippen LogP contribution < -0.4 is 5.32 Å². The van der Waals surface area contributed by atoms with Crippen LogP contribution >= 0.6 is 12.2 Å². The summed E-state index contributed by atoms with van der Waals surface area (Å²) in [5, 5.41) is 4.39. The molecule has 1 heterocycles. The number of nitrogens with one attached hydrogen (secondary N) is 1. The van der Waals surface area contributed by atoms with E-state index in [1.54, 1.807) is 0 Å². The Kier molecular flexibility index (Phi) is 2.45. The van der Waals surface area contributed by atoms with E-state index >= 15 is 0 Å². The highest BCUT2D eigenvalue weighted by atomic mass is 32.1. The van der Waals surface area contributed by atoms with Gasteiger partial charge in [0.15, 0.2) is 5.11 Å². The molecular formula is C10H18N2S. The van der Waals surface area contributed by atoms with Gasteiger partial charge in [-0.2, -0.15) is 0 Å². The normalized spacial score (nSPS) is 33.5. The molecule has 13 heavy (non-hydrogen) atoms. The van der Waals surface area contributed by atoms with Crippen molar-refractivity contribution in [2.24, 2.45) is 5.92 Å². The standard InChI is InChI=1S/C10H18N2S/c1-7-5-6-12(8(7)2)10(13)11-9-3-4-9/h7-9H,3-6H2,1-2H3,(H,11,13). The van der Waals surface area contributed by atoms with Crippen LogP contribution in [0.25, 0.3) is 0 Å². The highest BCUT2D eigenvalue weighted by molar-refractivity contribution is 7.80. The van der Waals surface area contributed by atoms with Crippen LogP contribution in [0.2, 0.25) is 0 Å². The fourth-order valence-electron chi connectivity index (χ4n) is 1.87. The minimum atomic E-state index is 0.624. The molecule has 0 spiro atoms. The first-order valence-corrected chi connectivity index (χ1v) is 5.66. The van der Waals surface area contributed by atoms with Crippen LogP contribution in [0.15, 0.2) is 0 Å². The Bertz CT molecular complexity index is 213. The molecular weight excluding hydrogens is 180 g/mol. The average Bonchev–Trinajstić information content (AvgIpc) is 2.82. The van der Waals surface area contributed by atoms with Crippen LogP contribution in [0, 0.1) is 5.92 Å². The molecule has 2 fully saturated rings. The number of likely N-dealkylation sites (tertiary alicyclic amines) is 1. The van der Waals surface area contributed by atoms with Crippen molar-refractivity contribution in [2.45, 2.75) is 45.2 Å². The maximum atomic E-state index is 5.37. The number of nitrogens with zero attached hydrogens (tertiary/aromatic N) is 1. The molecule has 0 aromatic rings. The number of hydrogen-bond donors (Lipinski definition) is 1. The van der Waals surface area contributed by atoms with Gasteiger partial charge >= 0.3 is 0 Å².